The fourth-order valence-corrected chi connectivity index (χ4v) is 5.90. The number of nitrogens with zero attached hydrogens (tertiary/aromatic N) is 4. The quantitative estimate of drug-likeness (QED) is 0.334. The van der Waals surface area contributed by atoms with Crippen LogP contribution >= 0.6 is 0 Å². The van der Waals surface area contributed by atoms with Crippen LogP contribution in [0.5, 0.6) is 11.6 Å². The first-order valence-electron chi connectivity index (χ1n) is 12.7. The van der Waals surface area contributed by atoms with E-state index in [-0.39, 0.29) is 22.3 Å². The van der Waals surface area contributed by atoms with Crippen LogP contribution < -0.4 is 14.8 Å². The van der Waals surface area contributed by atoms with Gasteiger partial charge in [-0.3, -0.25) is 4.68 Å². The molecule has 204 valence electrons. The average molecular weight is 549 g/mol. The minimum absolute atomic E-state index is 0.00844. The summed E-state index contributed by atoms with van der Waals surface area (Å²) in [6, 6.07) is 15.4. The van der Waals surface area contributed by atoms with E-state index in [1.54, 1.807) is 20.2 Å². The smallest absolute Gasteiger partial charge is 0.267 e. The Morgan fingerprint density at radius 1 is 1.03 bits per heavy atom. The van der Waals surface area contributed by atoms with Crippen molar-refractivity contribution >= 4 is 16.0 Å². The molecule has 0 radical (unpaired) electrons. The van der Waals surface area contributed by atoms with Gasteiger partial charge in [-0.15, -0.1) is 0 Å². The molecule has 2 N–H and O–H groups in total. The maximum atomic E-state index is 13.0. The third-order valence-corrected chi connectivity index (χ3v) is 8.34. The SMILES string of the molecule is COC1(c2ccc(Oc3cc(-c4c(C)cccc4C)nc(NS(=O)(=O)c4cnn(C)c4)n3)cc2)CCNCC1. The van der Waals surface area contributed by atoms with Gasteiger partial charge in [0.1, 0.15) is 10.6 Å². The lowest BCUT2D eigenvalue weighted by molar-refractivity contribution is -0.0391. The van der Waals surface area contributed by atoms with Gasteiger partial charge in [0.05, 0.1) is 17.5 Å². The lowest BCUT2D eigenvalue weighted by Gasteiger charge is -2.36. The van der Waals surface area contributed by atoms with Gasteiger partial charge in [-0.2, -0.15) is 10.1 Å². The van der Waals surface area contributed by atoms with Crippen molar-refractivity contribution in [2.75, 3.05) is 24.9 Å². The molecule has 39 heavy (non-hydrogen) atoms. The van der Waals surface area contributed by atoms with Gasteiger partial charge in [0.2, 0.25) is 11.8 Å². The number of piperidine rings is 1. The molecule has 1 aliphatic heterocycles. The van der Waals surface area contributed by atoms with Crippen LogP contribution in [0.15, 0.2) is 65.8 Å². The van der Waals surface area contributed by atoms with Gasteiger partial charge in [0, 0.05) is 32.0 Å². The summed E-state index contributed by atoms with van der Waals surface area (Å²) in [6.45, 7) is 5.75. The number of rotatable bonds is 8. The molecular formula is C28H32N6O4S. The van der Waals surface area contributed by atoms with E-state index in [9.17, 15) is 8.42 Å². The first kappa shape index (κ1) is 26.8. The van der Waals surface area contributed by atoms with Gasteiger partial charge in [0.25, 0.3) is 10.0 Å². The number of hydrogen-bond acceptors (Lipinski definition) is 8. The molecular weight excluding hydrogens is 516 g/mol. The summed E-state index contributed by atoms with van der Waals surface area (Å²) < 4.78 is 42.0. The van der Waals surface area contributed by atoms with Crippen LogP contribution in [0.25, 0.3) is 11.3 Å². The van der Waals surface area contributed by atoms with E-state index in [0.717, 1.165) is 48.2 Å². The lowest BCUT2D eigenvalue weighted by Crippen LogP contribution is -2.41. The molecule has 10 nitrogen and oxygen atoms in total. The Labute approximate surface area is 228 Å². The number of methoxy groups -OCH3 is 1. The van der Waals surface area contributed by atoms with Crippen molar-refractivity contribution < 1.29 is 17.9 Å². The third-order valence-electron chi connectivity index (χ3n) is 7.06. The van der Waals surface area contributed by atoms with Gasteiger partial charge >= 0.3 is 0 Å². The first-order chi connectivity index (χ1) is 18.7. The summed E-state index contributed by atoms with van der Waals surface area (Å²) in [5, 5.41) is 7.33. The second-order valence-electron chi connectivity index (χ2n) is 9.71. The van der Waals surface area contributed by atoms with E-state index < -0.39 is 10.0 Å². The van der Waals surface area contributed by atoms with Gasteiger partial charge < -0.3 is 14.8 Å². The topological polar surface area (TPSA) is 120 Å². The number of aromatic nitrogens is 4. The standard InChI is InChI=1S/C28H32N6O4S/c1-19-6-5-7-20(2)26(19)24-16-25(32-27(31-24)33-39(35,36)23-17-30-34(3)18-23)38-22-10-8-21(9-11-22)28(37-4)12-14-29-15-13-28/h5-11,16-18,29H,12-15H2,1-4H3,(H,31,32,33). The van der Waals surface area contributed by atoms with Crippen molar-refractivity contribution in [2.24, 2.45) is 7.05 Å². The zero-order chi connectivity index (χ0) is 27.6. The maximum Gasteiger partial charge on any atom is 0.267 e. The molecule has 1 saturated heterocycles. The normalized spacial score (nSPS) is 15.2. The number of benzene rings is 2. The van der Waals surface area contributed by atoms with E-state index in [0.29, 0.717) is 11.4 Å². The molecule has 0 saturated carbocycles. The first-order valence-corrected chi connectivity index (χ1v) is 14.2. The largest absolute Gasteiger partial charge is 0.439 e. The molecule has 0 unspecified atom stereocenters. The summed E-state index contributed by atoms with van der Waals surface area (Å²) in [7, 11) is -0.565. The Bertz CT molecular complexity index is 1560. The molecule has 3 heterocycles. The predicted molar refractivity (Wildman–Crippen MR) is 148 cm³/mol. The highest BCUT2D eigenvalue weighted by molar-refractivity contribution is 7.92. The molecule has 0 amide bonds. The Morgan fingerprint density at radius 2 is 1.72 bits per heavy atom. The van der Waals surface area contributed by atoms with Crippen molar-refractivity contribution in [3.8, 4) is 22.9 Å². The van der Waals surface area contributed by atoms with E-state index in [4.69, 9.17) is 9.47 Å². The number of nitrogens with one attached hydrogen (secondary N) is 2. The fourth-order valence-electron chi connectivity index (χ4n) is 4.97. The molecule has 0 atom stereocenters. The van der Waals surface area contributed by atoms with E-state index in [1.165, 1.54) is 17.1 Å². The zero-order valence-corrected chi connectivity index (χ0v) is 23.2. The molecule has 1 fully saturated rings. The predicted octanol–water partition coefficient (Wildman–Crippen LogP) is 4.31. The number of hydrogen-bond donors (Lipinski definition) is 2. The number of anilines is 1. The molecule has 2 aromatic heterocycles. The highest BCUT2D eigenvalue weighted by atomic mass is 32.2. The van der Waals surface area contributed by atoms with Crippen LogP contribution in [0.2, 0.25) is 0 Å². The van der Waals surface area contributed by atoms with Crippen molar-refractivity contribution in [2.45, 2.75) is 37.2 Å². The Balaban J connectivity index is 1.50. The summed E-state index contributed by atoms with van der Waals surface area (Å²) in [5.74, 6) is 0.674. The van der Waals surface area contributed by atoms with Gasteiger partial charge in [-0.25, -0.2) is 18.1 Å². The average Bonchev–Trinajstić information content (AvgIpc) is 3.36. The van der Waals surface area contributed by atoms with Gasteiger partial charge in [-0.1, -0.05) is 30.3 Å². The van der Waals surface area contributed by atoms with Crippen molar-refractivity contribution in [1.29, 1.82) is 0 Å². The van der Waals surface area contributed by atoms with Crippen molar-refractivity contribution in [1.82, 2.24) is 25.1 Å². The molecule has 2 aromatic carbocycles. The van der Waals surface area contributed by atoms with Crippen LogP contribution in [0.3, 0.4) is 0 Å². The van der Waals surface area contributed by atoms with E-state index >= 15 is 0 Å². The van der Waals surface area contributed by atoms with Crippen LogP contribution in [-0.4, -0.2) is 48.4 Å². The van der Waals surface area contributed by atoms with E-state index in [2.05, 4.69) is 25.1 Å². The molecule has 0 spiro atoms. The summed E-state index contributed by atoms with van der Waals surface area (Å²) in [4.78, 5) is 8.95. The van der Waals surface area contributed by atoms with E-state index in [1.807, 2.05) is 56.3 Å². The Kier molecular flexibility index (Phi) is 7.39. The van der Waals surface area contributed by atoms with Crippen molar-refractivity contribution in [3.63, 3.8) is 0 Å². The lowest BCUT2D eigenvalue weighted by atomic mass is 9.85. The molecule has 11 heteroatoms. The molecule has 4 aromatic rings. The highest BCUT2D eigenvalue weighted by Gasteiger charge is 2.33. The number of sulfonamides is 1. The van der Waals surface area contributed by atoms with Gasteiger partial charge in [0.15, 0.2) is 0 Å². The minimum atomic E-state index is -3.96. The zero-order valence-electron chi connectivity index (χ0n) is 22.4. The van der Waals surface area contributed by atoms with Crippen molar-refractivity contribution in [3.05, 3.63) is 77.6 Å². The fraction of sp³-hybridized carbons (Fsp3) is 0.321. The summed E-state index contributed by atoms with van der Waals surface area (Å²) >= 11 is 0. The monoisotopic (exact) mass is 548 g/mol. The molecule has 1 aliphatic rings. The number of aryl methyl sites for hydroxylation is 3. The van der Waals surface area contributed by atoms with Crippen LogP contribution in [-0.2, 0) is 27.4 Å². The number of ether oxygens (including phenoxy) is 2. The van der Waals surface area contributed by atoms with Crippen LogP contribution in [0.4, 0.5) is 5.95 Å². The molecule has 5 rings (SSSR count). The summed E-state index contributed by atoms with van der Waals surface area (Å²) in [6.07, 6.45) is 4.45. The molecule has 0 aliphatic carbocycles. The highest BCUT2D eigenvalue weighted by Crippen LogP contribution is 2.36. The molecule has 0 bridgehead atoms. The third kappa shape index (κ3) is 5.65. The second-order valence-corrected chi connectivity index (χ2v) is 11.4. The maximum absolute atomic E-state index is 13.0. The Hall–Kier alpha value is -3.80. The van der Waals surface area contributed by atoms with Crippen LogP contribution in [0.1, 0.15) is 29.5 Å². The Morgan fingerprint density at radius 3 is 2.33 bits per heavy atom. The second kappa shape index (κ2) is 10.8. The van der Waals surface area contributed by atoms with Gasteiger partial charge in [-0.05, 0) is 68.6 Å². The van der Waals surface area contributed by atoms with Crippen LogP contribution in [0, 0.1) is 13.8 Å². The minimum Gasteiger partial charge on any atom is -0.439 e. The summed E-state index contributed by atoms with van der Waals surface area (Å²) in [5.41, 5.74) is 4.18.